The fourth-order valence-electron chi connectivity index (χ4n) is 4.36. The minimum atomic E-state index is -0.421. The van der Waals surface area contributed by atoms with Crippen LogP contribution in [-0.4, -0.2) is 42.9 Å². The molecule has 3 aromatic rings. The maximum absolute atomic E-state index is 12.7. The number of aryl methyl sites for hydroxylation is 1. The topological polar surface area (TPSA) is 105 Å². The largest absolute Gasteiger partial charge is 0.371 e. The first-order chi connectivity index (χ1) is 17.8. The first kappa shape index (κ1) is 26.4. The summed E-state index contributed by atoms with van der Waals surface area (Å²) >= 11 is 12.7. The molecule has 2 N–H and O–H groups in total. The fourth-order valence-corrected chi connectivity index (χ4v) is 5.02. The van der Waals surface area contributed by atoms with Crippen molar-refractivity contribution in [3.05, 3.63) is 92.0 Å². The van der Waals surface area contributed by atoms with Crippen LogP contribution in [0.15, 0.2) is 60.7 Å². The Morgan fingerprint density at radius 1 is 0.946 bits per heavy atom. The summed E-state index contributed by atoms with van der Waals surface area (Å²) in [6.45, 7) is 1.63. The summed E-state index contributed by atoms with van der Waals surface area (Å²) < 4.78 is 0. The number of hydrogen-bond acceptors (Lipinski definition) is 5. The van der Waals surface area contributed by atoms with Crippen molar-refractivity contribution in [3.8, 4) is 11.1 Å². The number of halogens is 2. The van der Waals surface area contributed by atoms with Gasteiger partial charge in [0, 0.05) is 50.4 Å². The maximum Gasteiger partial charge on any atom is 0.271 e. The highest BCUT2D eigenvalue weighted by atomic mass is 35.5. The van der Waals surface area contributed by atoms with Gasteiger partial charge in [-0.1, -0.05) is 59.6 Å². The van der Waals surface area contributed by atoms with Gasteiger partial charge in [-0.25, -0.2) is 0 Å². The Balaban J connectivity index is 1.25. The Hall–Kier alpha value is -3.62. The molecule has 0 unspecified atom stereocenters. The summed E-state index contributed by atoms with van der Waals surface area (Å²) in [5.74, 6) is -0.592. The molecule has 0 atom stereocenters. The zero-order valence-corrected chi connectivity index (χ0v) is 21.5. The molecule has 0 aromatic heterocycles. The third-order valence-electron chi connectivity index (χ3n) is 6.21. The predicted octanol–water partition coefficient (Wildman–Crippen LogP) is 5.26. The van der Waals surface area contributed by atoms with Crippen molar-refractivity contribution in [3.63, 3.8) is 0 Å². The highest BCUT2D eigenvalue weighted by Crippen LogP contribution is 2.32. The minimum absolute atomic E-state index is 0.0424. The molecule has 192 valence electrons. The molecule has 1 aliphatic rings. The first-order valence-electron chi connectivity index (χ1n) is 11.9. The van der Waals surface area contributed by atoms with Gasteiger partial charge in [-0.3, -0.25) is 19.7 Å². The van der Waals surface area contributed by atoms with Crippen molar-refractivity contribution in [2.45, 2.75) is 19.3 Å². The number of benzene rings is 3. The van der Waals surface area contributed by atoms with E-state index in [0.717, 1.165) is 41.8 Å². The van der Waals surface area contributed by atoms with Crippen molar-refractivity contribution in [1.82, 2.24) is 10.6 Å². The summed E-state index contributed by atoms with van der Waals surface area (Å²) in [7, 11) is 0. The quantitative estimate of drug-likeness (QED) is 0.219. The highest BCUT2D eigenvalue weighted by molar-refractivity contribution is 6.40. The van der Waals surface area contributed by atoms with Gasteiger partial charge in [-0.15, -0.1) is 0 Å². The molecule has 0 bridgehead atoms. The van der Waals surface area contributed by atoms with Crippen LogP contribution in [0.4, 0.5) is 11.4 Å². The third-order valence-corrected chi connectivity index (χ3v) is 6.81. The van der Waals surface area contributed by atoms with E-state index in [0.29, 0.717) is 6.54 Å². The monoisotopic (exact) mass is 540 g/mol. The van der Waals surface area contributed by atoms with E-state index in [2.05, 4.69) is 10.6 Å². The van der Waals surface area contributed by atoms with Gasteiger partial charge in [0.25, 0.3) is 11.6 Å². The van der Waals surface area contributed by atoms with E-state index in [-0.39, 0.29) is 46.7 Å². The number of anilines is 1. The van der Waals surface area contributed by atoms with E-state index in [9.17, 15) is 19.7 Å². The number of non-ortho nitro benzene ring substituents is 1. The van der Waals surface area contributed by atoms with Gasteiger partial charge in [-0.2, -0.15) is 0 Å². The third kappa shape index (κ3) is 6.58. The van der Waals surface area contributed by atoms with Crippen LogP contribution in [0.2, 0.25) is 10.0 Å². The molecule has 0 saturated heterocycles. The van der Waals surface area contributed by atoms with Crippen LogP contribution in [0.1, 0.15) is 28.8 Å². The van der Waals surface area contributed by atoms with E-state index in [4.69, 9.17) is 23.2 Å². The number of carbonyl (C=O) groups is 2. The van der Waals surface area contributed by atoms with Crippen LogP contribution in [0.5, 0.6) is 0 Å². The average molecular weight is 541 g/mol. The number of nitro benzene ring substituents is 1. The fraction of sp³-hybridized carbons (Fsp3) is 0.259. The van der Waals surface area contributed by atoms with Crippen LogP contribution in [0.3, 0.4) is 0 Å². The number of fused-ring (bicyclic) bond motifs is 1. The molecule has 10 heteroatoms. The second kappa shape index (κ2) is 12.1. The summed E-state index contributed by atoms with van der Waals surface area (Å²) in [4.78, 5) is 37.8. The van der Waals surface area contributed by atoms with Gasteiger partial charge >= 0.3 is 0 Å². The maximum atomic E-state index is 12.7. The van der Waals surface area contributed by atoms with Crippen molar-refractivity contribution in [2.75, 3.05) is 31.1 Å². The second-order valence-corrected chi connectivity index (χ2v) is 9.51. The van der Waals surface area contributed by atoms with E-state index in [1.807, 2.05) is 35.2 Å². The van der Waals surface area contributed by atoms with Crippen molar-refractivity contribution >= 4 is 46.4 Å². The summed E-state index contributed by atoms with van der Waals surface area (Å²) in [5.41, 5.74) is 3.84. The number of nitro groups is 1. The molecular weight excluding hydrogens is 515 g/mol. The molecule has 1 aliphatic heterocycles. The van der Waals surface area contributed by atoms with Gasteiger partial charge in [-0.05, 0) is 41.7 Å². The van der Waals surface area contributed by atoms with E-state index in [1.54, 1.807) is 24.3 Å². The Bertz CT molecular complexity index is 1290. The number of hydrogen-bond donors (Lipinski definition) is 2. The Kier molecular flexibility index (Phi) is 8.63. The number of nitrogens with zero attached hydrogens (tertiary/aromatic N) is 2. The SMILES string of the molecule is O=C(CCN1CCCc2ccc([N+](=O)[O-])cc21)NCCNC(=O)c1c(Cl)cc(-c2ccccc2)cc1Cl. The van der Waals surface area contributed by atoms with Gasteiger partial charge in [0.2, 0.25) is 5.91 Å². The molecule has 0 fully saturated rings. The highest BCUT2D eigenvalue weighted by Gasteiger charge is 2.21. The van der Waals surface area contributed by atoms with E-state index >= 15 is 0 Å². The first-order valence-corrected chi connectivity index (χ1v) is 12.7. The Morgan fingerprint density at radius 3 is 2.35 bits per heavy atom. The summed E-state index contributed by atoms with van der Waals surface area (Å²) in [6.07, 6.45) is 2.02. The summed E-state index contributed by atoms with van der Waals surface area (Å²) in [6, 6.07) is 17.9. The summed E-state index contributed by atoms with van der Waals surface area (Å²) in [5, 5.41) is 17.1. The van der Waals surface area contributed by atoms with E-state index in [1.165, 1.54) is 6.07 Å². The molecule has 0 saturated carbocycles. The molecule has 2 amide bonds. The lowest BCUT2D eigenvalue weighted by molar-refractivity contribution is -0.384. The second-order valence-electron chi connectivity index (χ2n) is 8.70. The number of amides is 2. The van der Waals surface area contributed by atoms with Crippen LogP contribution in [0, 0.1) is 10.1 Å². The predicted molar refractivity (Wildman–Crippen MR) is 145 cm³/mol. The molecule has 8 nitrogen and oxygen atoms in total. The van der Waals surface area contributed by atoms with Gasteiger partial charge in [0.05, 0.1) is 20.5 Å². The number of rotatable bonds is 9. The lowest BCUT2D eigenvalue weighted by Gasteiger charge is -2.31. The zero-order chi connectivity index (χ0) is 26.4. The molecular formula is C27H26Cl2N4O4. The normalized spacial score (nSPS) is 12.5. The van der Waals surface area contributed by atoms with Gasteiger partial charge < -0.3 is 15.5 Å². The average Bonchev–Trinajstić information content (AvgIpc) is 2.89. The zero-order valence-electron chi connectivity index (χ0n) is 20.0. The lowest BCUT2D eigenvalue weighted by atomic mass is 10.0. The molecule has 4 rings (SSSR count). The van der Waals surface area contributed by atoms with Crippen molar-refractivity contribution < 1.29 is 14.5 Å². The number of carbonyl (C=O) groups excluding carboxylic acids is 2. The van der Waals surface area contributed by atoms with Crippen LogP contribution >= 0.6 is 23.2 Å². The molecule has 0 aliphatic carbocycles. The van der Waals surface area contributed by atoms with Crippen molar-refractivity contribution in [1.29, 1.82) is 0 Å². The van der Waals surface area contributed by atoms with Crippen LogP contribution in [0.25, 0.3) is 11.1 Å². The molecule has 3 aromatic carbocycles. The molecule has 0 spiro atoms. The van der Waals surface area contributed by atoms with Crippen LogP contribution < -0.4 is 15.5 Å². The molecule has 0 radical (unpaired) electrons. The number of nitrogens with one attached hydrogen (secondary N) is 2. The minimum Gasteiger partial charge on any atom is -0.371 e. The molecule has 37 heavy (non-hydrogen) atoms. The standard InChI is InChI=1S/C27H26Cl2N4O4/c28-22-15-20(18-5-2-1-3-6-18)16-23(29)26(22)27(35)31-12-11-30-25(34)10-14-32-13-4-7-19-8-9-21(33(36)37)17-24(19)32/h1-3,5-6,8-9,15-17H,4,7,10-14H2,(H,30,34)(H,31,35). The smallest absolute Gasteiger partial charge is 0.271 e. The Morgan fingerprint density at radius 2 is 1.65 bits per heavy atom. The van der Waals surface area contributed by atoms with E-state index < -0.39 is 10.8 Å². The lowest BCUT2D eigenvalue weighted by Crippen LogP contribution is -2.37. The van der Waals surface area contributed by atoms with Crippen molar-refractivity contribution in [2.24, 2.45) is 0 Å². The van der Waals surface area contributed by atoms with Gasteiger partial charge in [0.1, 0.15) is 0 Å². The van der Waals surface area contributed by atoms with Crippen LogP contribution in [-0.2, 0) is 11.2 Å². The van der Waals surface area contributed by atoms with Gasteiger partial charge in [0.15, 0.2) is 0 Å². The molecule has 1 heterocycles. The Labute approximate surface area is 224 Å².